The second-order valence-electron chi connectivity index (χ2n) is 10.6. The van der Waals surface area contributed by atoms with Crippen molar-refractivity contribution in [3.8, 4) is 0 Å². The highest BCUT2D eigenvalue weighted by Crippen LogP contribution is 2.42. The summed E-state index contributed by atoms with van der Waals surface area (Å²) >= 11 is 0. The second-order valence-corrected chi connectivity index (χ2v) is 10.6. The molecule has 0 bridgehead atoms. The molecule has 45 heavy (non-hydrogen) atoms. The third kappa shape index (κ3) is 12.9. The molecule has 0 aromatic heterocycles. The van der Waals surface area contributed by atoms with Crippen LogP contribution in [0.2, 0.25) is 0 Å². The van der Waals surface area contributed by atoms with Crippen LogP contribution in [0.15, 0.2) is 154 Å². The molecular weight excluding hydrogens is 544 g/mol. The van der Waals surface area contributed by atoms with Gasteiger partial charge in [-0.15, -0.1) is 0 Å². The molecule has 1 aromatic rings. The third-order valence-electron chi connectivity index (χ3n) is 7.75. The van der Waals surface area contributed by atoms with Gasteiger partial charge < -0.3 is 5.73 Å². The predicted octanol–water partition coefficient (Wildman–Crippen LogP) is 13.2. The van der Waals surface area contributed by atoms with Gasteiger partial charge in [-0.2, -0.15) is 0 Å². The molecule has 2 heteroatoms. The van der Waals surface area contributed by atoms with E-state index in [1.165, 1.54) is 34.1 Å². The molecule has 0 unspecified atom stereocenters. The van der Waals surface area contributed by atoms with Gasteiger partial charge in [0.15, 0.2) is 0 Å². The van der Waals surface area contributed by atoms with Crippen LogP contribution in [0.25, 0.3) is 0 Å². The molecule has 0 atom stereocenters. The smallest absolute Gasteiger partial charge is 0.0777 e. The highest BCUT2D eigenvalue weighted by molar-refractivity contribution is 6.17. The minimum atomic E-state index is -0.0495. The minimum absolute atomic E-state index is 0.0495. The zero-order valence-corrected chi connectivity index (χ0v) is 30.2. The first-order valence-electron chi connectivity index (χ1n) is 17.0. The van der Waals surface area contributed by atoms with Crippen molar-refractivity contribution in [3.63, 3.8) is 0 Å². The highest BCUT2D eigenvalue weighted by atomic mass is 14.8. The maximum atomic E-state index is 5.42. The lowest BCUT2D eigenvalue weighted by atomic mass is 9.71. The number of nitrogens with zero attached hydrogens (tertiary/aromatic N) is 1. The summed E-state index contributed by atoms with van der Waals surface area (Å²) in [6.07, 6.45) is 27.8. The number of rotatable bonds is 12. The monoisotopic (exact) mass is 606 g/mol. The lowest BCUT2D eigenvalue weighted by Gasteiger charge is -2.33. The van der Waals surface area contributed by atoms with Crippen molar-refractivity contribution in [2.75, 3.05) is 0 Å². The summed E-state index contributed by atoms with van der Waals surface area (Å²) < 4.78 is 0. The third-order valence-corrected chi connectivity index (χ3v) is 7.75. The standard InChI is InChI=1S/C37H44N2.3C2H6/c1-7-29(4)37(5,6)35-23-13-12-22-34(35)36(39-33-20-10-9-11-21-33)31(8-2)19-16-18-30-24-25-32(27-30)28(3)17-14-15-26-38;3*1-2/h7-12,14-15,17,19-22,25-27H,2-3,13,16,18,23-24,38H2,1,4-6H3;3*1-2H3/b17-14-,26-15-,29-7+,31-19+,39-36?;;;. The molecule has 0 saturated heterocycles. The van der Waals surface area contributed by atoms with Crippen LogP contribution >= 0.6 is 0 Å². The lowest BCUT2D eigenvalue weighted by Crippen LogP contribution is -2.22. The molecule has 0 saturated carbocycles. The van der Waals surface area contributed by atoms with E-state index >= 15 is 0 Å². The normalized spacial score (nSPS) is 15.4. The van der Waals surface area contributed by atoms with Gasteiger partial charge in [0.25, 0.3) is 0 Å². The number of hydrogen-bond donors (Lipinski definition) is 1. The van der Waals surface area contributed by atoms with Crippen LogP contribution < -0.4 is 5.73 Å². The van der Waals surface area contributed by atoms with Crippen LogP contribution in [-0.4, -0.2) is 5.71 Å². The summed E-state index contributed by atoms with van der Waals surface area (Å²) in [6.45, 7) is 29.4. The van der Waals surface area contributed by atoms with Gasteiger partial charge >= 0.3 is 0 Å². The quantitative estimate of drug-likeness (QED) is 0.143. The zero-order chi connectivity index (χ0) is 34.3. The number of para-hydroxylation sites is 1. The topological polar surface area (TPSA) is 38.4 Å². The summed E-state index contributed by atoms with van der Waals surface area (Å²) in [6, 6.07) is 10.2. The molecule has 244 valence electrons. The Morgan fingerprint density at radius 1 is 1.02 bits per heavy atom. The van der Waals surface area contributed by atoms with Gasteiger partial charge in [0.05, 0.1) is 11.4 Å². The summed E-state index contributed by atoms with van der Waals surface area (Å²) in [4.78, 5) is 5.21. The number of allylic oxidation sites excluding steroid dienone is 17. The predicted molar refractivity (Wildman–Crippen MR) is 206 cm³/mol. The van der Waals surface area contributed by atoms with E-state index in [-0.39, 0.29) is 5.41 Å². The largest absolute Gasteiger partial charge is 0.405 e. The van der Waals surface area contributed by atoms with Crippen molar-refractivity contribution in [2.24, 2.45) is 16.1 Å². The molecule has 0 aliphatic heterocycles. The summed E-state index contributed by atoms with van der Waals surface area (Å²) in [5.41, 5.74) is 16.1. The van der Waals surface area contributed by atoms with Crippen LogP contribution in [0.5, 0.6) is 0 Å². The van der Waals surface area contributed by atoms with Crippen molar-refractivity contribution >= 4 is 11.4 Å². The van der Waals surface area contributed by atoms with Crippen LogP contribution in [0.1, 0.15) is 101 Å². The van der Waals surface area contributed by atoms with Crippen LogP contribution in [0.4, 0.5) is 5.69 Å². The van der Waals surface area contributed by atoms with Crippen molar-refractivity contribution in [3.05, 3.63) is 149 Å². The van der Waals surface area contributed by atoms with Crippen molar-refractivity contribution in [2.45, 2.75) is 101 Å². The molecule has 2 nitrogen and oxygen atoms in total. The van der Waals surface area contributed by atoms with Gasteiger partial charge in [-0.25, -0.2) is 4.99 Å². The zero-order valence-electron chi connectivity index (χ0n) is 30.2. The van der Waals surface area contributed by atoms with Gasteiger partial charge in [0, 0.05) is 11.0 Å². The Balaban J connectivity index is 0.00000304. The van der Waals surface area contributed by atoms with E-state index in [9.17, 15) is 0 Å². The molecule has 2 N–H and O–H groups in total. The molecule has 1 aromatic carbocycles. The lowest BCUT2D eigenvalue weighted by molar-refractivity contribution is 0.510. The second kappa shape index (κ2) is 23.5. The Morgan fingerprint density at radius 2 is 1.69 bits per heavy atom. The van der Waals surface area contributed by atoms with E-state index in [2.05, 4.69) is 89.4 Å². The Bertz CT molecular complexity index is 1330. The van der Waals surface area contributed by atoms with Crippen LogP contribution in [0.3, 0.4) is 0 Å². The van der Waals surface area contributed by atoms with E-state index in [1.807, 2.05) is 84.0 Å². The molecule has 0 heterocycles. The van der Waals surface area contributed by atoms with Crippen molar-refractivity contribution < 1.29 is 0 Å². The van der Waals surface area contributed by atoms with E-state index in [1.54, 1.807) is 0 Å². The van der Waals surface area contributed by atoms with Gasteiger partial charge in [-0.3, -0.25) is 0 Å². The molecule has 0 spiro atoms. The minimum Gasteiger partial charge on any atom is -0.405 e. The van der Waals surface area contributed by atoms with Crippen LogP contribution in [-0.2, 0) is 0 Å². The van der Waals surface area contributed by atoms with E-state index in [0.717, 1.165) is 54.6 Å². The Morgan fingerprint density at radius 3 is 2.29 bits per heavy atom. The van der Waals surface area contributed by atoms with Crippen molar-refractivity contribution in [1.82, 2.24) is 0 Å². The first-order chi connectivity index (χ1) is 21.8. The van der Waals surface area contributed by atoms with Gasteiger partial charge in [-0.1, -0.05) is 158 Å². The average Bonchev–Trinajstić information content (AvgIpc) is 3.58. The molecule has 2 aliphatic rings. The Hall–Kier alpha value is -3.91. The first-order valence-corrected chi connectivity index (χ1v) is 17.0. The molecule has 2 aliphatic carbocycles. The fourth-order valence-corrected chi connectivity index (χ4v) is 5.04. The summed E-state index contributed by atoms with van der Waals surface area (Å²) in [5, 5.41) is 0. The summed E-state index contributed by atoms with van der Waals surface area (Å²) in [5.74, 6) is 0. The fourth-order valence-electron chi connectivity index (χ4n) is 5.04. The SMILES string of the molecule is C=C/C(=C\CCC1=CC(C(=C)/C=C\C=C/N)=CC1)C(=Nc1ccccc1)C1=C(C(C)(C)/C(C)=C/C)CCC=C1.CC.CC.CC. The van der Waals surface area contributed by atoms with Crippen LogP contribution in [0, 0.1) is 5.41 Å². The highest BCUT2D eigenvalue weighted by Gasteiger charge is 2.30. The molecule has 0 radical (unpaired) electrons. The van der Waals surface area contributed by atoms with E-state index in [0.29, 0.717) is 0 Å². The maximum absolute atomic E-state index is 5.42. The Labute approximate surface area is 277 Å². The average molecular weight is 607 g/mol. The van der Waals surface area contributed by atoms with E-state index in [4.69, 9.17) is 10.7 Å². The Kier molecular flexibility index (Phi) is 21.4. The molecule has 3 rings (SSSR count). The van der Waals surface area contributed by atoms with Gasteiger partial charge in [-0.05, 0) is 87.1 Å². The maximum Gasteiger partial charge on any atom is 0.0777 e. The first kappa shape index (κ1) is 41.1. The fraction of sp³-hybridized carbons (Fsp3) is 0.372. The number of nitrogens with two attached hydrogens (primary N) is 1. The van der Waals surface area contributed by atoms with Crippen molar-refractivity contribution in [1.29, 1.82) is 0 Å². The summed E-state index contributed by atoms with van der Waals surface area (Å²) in [7, 11) is 0. The van der Waals surface area contributed by atoms with E-state index < -0.39 is 0 Å². The number of benzene rings is 1. The molecule has 0 amide bonds. The van der Waals surface area contributed by atoms with Gasteiger partial charge in [0.1, 0.15) is 0 Å². The van der Waals surface area contributed by atoms with Gasteiger partial charge in [0.2, 0.25) is 0 Å². The molecular formula is C43H62N2. The molecule has 0 fully saturated rings. The number of hydrogen-bond acceptors (Lipinski definition) is 2. The number of aliphatic imine (C=N–C) groups is 1.